The van der Waals surface area contributed by atoms with Gasteiger partial charge in [0.1, 0.15) is 4.21 Å². The zero-order chi connectivity index (χ0) is 14.2. The highest BCUT2D eigenvalue weighted by Gasteiger charge is 2.31. The molecule has 0 atom stereocenters. The second kappa shape index (κ2) is 4.83. The van der Waals surface area contributed by atoms with Gasteiger partial charge in [0, 0.05) is 16.6 Å². The van der Waals surface area contributed by atoms with Gasteiger partial charge in [0.25, 0.3) is 10.0 Å². The molecule has 1 heterocycles. The number of hydrogen-bond donors (Lipinski definition) is 2. The van der Waals surface area contributed by atoms with Crippen LogP contribution in [-0.4, -0.2) is 14.0 Å². The number of rotatable bonds is 4. The van der Waals surface area contributed by atoms with Crippen molar-refractivity contribution in [1.29, 1.82) is 0 Å². The van der Waals surface area contributed by atoms with Crippen molar-refractivity contribution in [1.82, 2.24) is 4.72 Å². The summed E-state index contributed by atoms with van der Waals surface area (Å²) in [5, 5.41) is 1.63. The highest BCUT2D eigenvalue weighted by atomic mass is 32.2. The Labute approximate surface area is 114 Å². The molecule has 0 bridgehead atoms. The predicted octanol–water partition coefficient (Wildman–Crippen LogP) is 2.82. The van der Waals surface area contributed by atoms with E-state index in [-0.39, 0.29) is 9.62 Å². The van der Waals surface area contributed by atoms with E-state index >= 15 is 0 Å². The Bertz CT molecular complexity index is 510. The van der Waals surface area contributed by atoms with Crippen LogP contribution in [-0.2, 0) is 10.0 Å². The summed E-state index contributed by atoms with van der Waals surface area (Å²) in [6.45, 7) is 10.1. The second-order valence-electron chi connectivity index (χ2n) is 6.43. The van der Waals surface area contributed by atoms with Gasteiger partial charge >= 0.3 is 0 Å². The average Bonchev–Trinajstić information content (AvgIpc) is 2.44. The average molecular weight is 290 g/mol. The molecule has 0 unspecified atom stereocenters. The third-order valence-corrected chi connectivity index (χ3v) is 5.40. The molecule has 1 aromatic rings. The summed E-state index contributed by atoms with van der Waals surface area (Å²) < 4.78 is 27.4. The maximum atomic E-state index is 12.2. The lowest BCUT2D eigenvalue weighted by Gasteiger charge is -2.32. The number of hydrogen-bond acceptors (Lipinski definition) is 4. The molecule has 3 N–H and O–H groups in total. The maximum absolute atomic E-state index is 12.2. The predicted molar refractivity (Wildman–Crippen MR) is 77.2 cm³/mol. The lowest BCUT2D eigenvalue weighted by Crippen LogP contribution is -2.45. The highest BCUT2D eigenvalue weighted by Crippen LogP contribution is 2.29. The van der Waals surface area contributed by atoms with Crippen LogP contribution in [0.25, 0.3) is 0 Å². The van der Waals surface area contributed by atoms with Gasteiger partial charge in [-0.3, -0.25) is 0 Å². The SMILES string of the molecule is CC(C)(C)CC(C)(C)NS(=O)(=O)c1cc(N)cs1. The molecule has 0 spiro atoms. The van der Waals surface area contributed by atoms with Crippen LogP contribution in [0.5, 0.6) is 0 Å². The van der Waals surface area contributed by atoms with Crippen molar-refractivity contribution in [2.45, 2.75) is 50.8 Å². The first-order valence-corrected chi connectivity index (χ1v) is 8.16. The van der Waals surface area contributed by atoms with Crippen LogP contribution in [0.4, 0.5) is 5.69 Å². The van der Waals surface area contributed by atoms with Gasteiger partial charge in [-0.15, -0.1) is 11.3 Å². The van der Waals surface area contributed by atoms with Crippen LogP contribution in [0.3, 0.4) is 0 Å². The van der Waals surface area contributed by atoms with Gasteiger partial charge in [-0.2, -0.15) is 0 Å². The smallest absolute Gasteiger partial charge is 0.250 e. The normalized spacial score (nSPS) is 13.8. The summed E-state index contributed by atoms with van der Waals surface area (Å²) in [6.07, 6.45) is 0.750. The summed E-state index contributed by atoms with van der Waals surface area (Å²) >= 11 is 1.14. The van der Waals surface area contributed by atoms with Crippen molar-refractivity contribution < 1.29 is 8.42 Å². The molecular formula is C12H22N2O2S2. The molecule has 104 valence electrons. The quantitative estimate of drug-likeness (QED) is 0.895. The van der Waals surface area contributed by atoms with Crippen molar-refractivity contribution in [3.63, 3.8) is 0 Å². The van der Waals surface area contributed by atoms with Gasteiger partial charge in [-0.05, 0) is 31.7 Å². The van der Waals surface area contributed by atoms with Crippen LogP contribution >= 0.6 is 11.3 Å². The fourth-order valence-corrected chi connectivity index (χ4v) is 4.74. The molecule has 0 amide bonds. The molecule has 0 fully saturated rings. The molecule has 0 saturated carbocycles. The van der Waals surface area contributed by atoms with E-state index in [4.69, 9.17) is 5.73 Å². The van der Waals surface area contributed by atoms with Gasteiger partial charge in [0.2, 0.25) is 0 Å². The lowest BCUT2D eigenvalue weighted by molar-refractivity contribution is 0.269. The van der Waals surface area contributed by atoms with E-state index in [1.807, 2.05) is 13.8 Å². The molecule has 0 aromatic carbocycles. The summed E-state index contributed by atoms with van der Waals surface area (Å²) in [4.78, 5) is 0. The zero-order valence-electron chi connectivity index (χ0n) is 11.6. The van der Waals surface area contributed by atoms with Gasteiger partial charge < -0.3 is 5.73 Å². The Morgan fingerprint density at radius 2 is 1.83 bits per heavy atom. The summed E-state index contributed by atoms with van der Waals surface area (Å²) in [7, 11) is -3.48. The first-order chi connectivity index (χ1) is 7.91. The van der Waals surface area contributed by atoms with Crippen molar-refractivity contribution in [2.24, 2.45) is 5.41 Å². The van der Waals surface area contributed by atoms with Crippen LogP contribution < -0.4 is 10.5 Å². The first-order valence-electron chi connectivity index (χ1n) is 5.79. The van der Waals surface area contributed by atoms with Crippen LogP contribution in [0.15, 0.2) is 15.7 Å². The van der Waals surface area contributed by atoms with Crippen molar-refractivity contribution in [3.8, 4) is 0 Å². The van der Waals surface area contributed by atoms with Gasteiger partial charge in [0.05, 0.1) is 0 Å². The fourth-order valence-electron chi connectivity index (χ4n) is 2.25. The van der Waals surface area contributed by atoms with Crippen LogP contribution in [0.2, 0.25) is 0 Å². The molecule has 1 rings (SSSR count). The minimum Gasteiger partial charge on any atom is -0.398 e. The Hall–Kier alpha value is -0.590. The Morgan fingerprint density at radius 3 is 2.22 bits per heavy atom. The molecule has 0 aliphatic carbocycles. The van der Waals surface area contributed by atoms with Crippen molar-refractivity contribution in [2.75, 3.05) is 5.73 Å². The third-order valence-electron chi connectivity index (χ3n) is 2.24. The molecule has 4 nitrogen and oxygen atoms in total. The minimum absolute atomic E-state index is 0.0560. The van der Waals surface area contributed by atoms with Gasteiger partial charge in [0.15, 0.2) is 0 Å². The van der Waals surface area contributed by atoms with E-state index in [9.17, 15) is 8.42 Å². The third kappa shape index (κ3) is 4.59. The van der Waals surface area contributed by atoms with E-state index in [1.54, 1.807) is 5.38 Å². The minimum atomic E-state index is -3.48. The molecule has 0 saturated heterocycles. The van der Waals surface area contributed by atoms with E-state index in [0.29, 0.717) is 5.69 Å². The summed E-state index contributed by atoms with van der Waals surface area (Å²) in [5.74, 6) is 0. The Kier molecular flexibility index (Phi) is 4.15. The van der Waals surface area contributed by atoms with Crippen molar-refractivity contribution in [3.05, 3.63) is 11.4 Å². The fraction of sp³-hybridized carbons (Fsp3) is 0.667. The van der Waals surface area contributed by atoms with Gasteiger partial charge in [-0.25, -0.2) is 13.1 Å². The number of nitrogens with two attached hydrogens (primary N) is 1. The Balaban J connectivity index is 2.90. The van der Waals surface area contributed by atoms with E-state index in [1.165, 1.54) is 6.07 Å². The largest absolute Gasteiger partial charge is 0.398 e. The van der Waals surface area contributed by atoms with E-state index in [0.717, 1.165) is 17.8 Å². The number of anilines is 1. The molecule has 0 aliphatic rings. The second-order valence-corrected chi connectivity index (χ2v) is 9.25. The molecular weight excluding hydrogens is 268 g/mol. The summed E-state index contributed by atoms with van der Waals surface area (Å²) in [6, 6.07) is 1.49. The van der Waals surface area contributed by atoms with Crippen molar-refractivity contribution >= 4 is 27.0 Å². The number of nitrogens with one attached hydrogen (secondary N) is 1. The van der Waals surface area contributed by atoms with Crippen LogP contribution in [0.1, 0.15) is 41.0 Å². The first kappa shape index (κ1) is 15.5. The van der Waals surface area contributed by atoms with E-state index < -0.39 is 15.6 Å². The Morgan fingerprint density at radius 1 is 1.28 bits per heavy atom. The molecule has 0 aliphatic heterocycles. The summed E-state index contributed by atoms with van der Waals surface area (Å²) in [5.41, 5.74) is 5.61. The monoisotopic (exact) mass is 290 g/mol. The number of thiophene rings is 1. The topological polar surface area (TPSA) is 72.2 Å². The van der Waals surface area contributed by atoms with E-state index in [2.05, 4.69) is 25.5 Å². The number of sulfonamides is 1. The zero-order valence-corrected chi connectivity index (χ0v) is 13.2. The van der Waals surface area contributed by atoms with Crippen LogP contribution in [0, 0.1) is 5.41 Å². The molecule has 0 radical (unpaired) electrons. The highest BCUT2D eigenvalue weighted by molar-refractivity contribution is 7.91. The maximum Gasteiger partial charge on any atom is 0.250 e. The standard InChI is InChI=1S/C12H22N2O2S2/c1-11(2,3)8-12(4,5)14-18(15,16)10-6-9(13)7-17-10/h6-7,14H,8,13H2,1-5H3. The molecule has 6 heteroatoms. The molecule has 1 aromatic heterocycles. The van der Waals surface area contributed by atoms with Gasteiger partial charge in [-0.1, -0.05) is 20.8 Å². The number of nitrogen functional groups attached to an aromatic ring is 1. The lowest BCUT2D eigenvalue weighted by atomic mass is 9.82. The molecule has 18 heavy (non-hydrogen) atoms.